The standard InChI is InChI=1S/C36H53N5O7S2/c1-21(2)28(41(7)35(46)36(12-13-36)18-29(43)27-11-9-10-14-40(27)6)17-30(48-24(5)42)33-39-26(20-50-33)32(44)38-25(15-22(3)34(45)47-8)16-31-37-23(4)19-49-31/h19-22,25,27-28,30H,9-18H2,1-8H3,(H,38,44)/t22-,25+,27+,28+,30+/m0/s1. The van der Waals surface area contributed by atoms with Gasteiger partial charge < -0.3 is 19.7 Å². The minimum Gasteiger partial charge on any atom is -0.469 e. The van der Waals surface area contributed by atoms with Gasteiger partial charge in [0.1, 0.15) is 10.7 Å². The third-order valence-corrected chi connectivity index (χ3v) is 11.9. The molecule has 1 N–H and O–H groups in total. The molecule has 14 heteroatoms. The fourth-order valence-corrected chi connectivity index (χ4v) is 8.69. The molecule has 2 aromatic heterocycles. The van der Waals surface area contributed by atoms with E-state index in [9.17, 15) is 24.0 Å². The summed E-state index contributed by atoms with van der Waals surface area (Å²) in [5.41, 5.74) is 0.374. The van der Waals surface area contributed by atoms with Gasteiger partial charge in [-0.1, -0.05) is 27.2 Å². The van der Waals surface area contributed by atoms with E-state index in [0.717, 1.165) is 36.5 Å². The number of ketones is 1. The first-order chi connectivity index (χ1) is 23.6. The fraction of sp³-hybridized carbons (Fsp3) is 0.694. The highest BCUT2D eigenvalue weighted by Crippen LogP contribution is 2.51. The number of carbonyl (C=O) groups is 5. The molecule has 2 aliphatic rings. The van der Waals surface area contributed by atoms with Gasteiger partial charge in [-0.15, -0.1) is 22.7 Å². The second kappa shape index (κ2) is 17.3. The van der Waals surface area contributed by atoms with Crippen LogP contribution >= 0.6 is 22.7 Å². The molecule has 3 heterocycles. The van der Waals surface area contributed by atoms with E-state index in [1.54, 1.807) is 24.3 Å². The highest BCUT2D eigenvalue weighted by Gasteiger charge is 2.54. The van der Waals surface area contributed by atoms with Crippen molar-refractivity contribution in [3.8, 4) is 0 Å². The minimum atomic E-state index is -0.789. The van der Waals surface area contributed by atoms with Crippen molar-refractivity contribution >= 4 is 52.2 Å². The lowest BCUT2D eigenvalue weighted by Crippen LogP contribution is -2.47. The number of carbonyl (C=O) groups excluding carboxylic acids is 5. The lowest BCUT2D eigenvalue weighted by atomic mass is 9.88. The van der Waals surface area contributed by atoms with Gasteiger partial charge in [-0.05, 0) is 58.5 Å². The molecule has 1 saturated carbocycles. The van der Waals surface area contributed by atoms with Gasteiger partial charge in [0, 0.05) is 61.8 Å². The minimum absolute atomic E-state index is 0.00720. The van der Waals surface area contributed by atoms with Gasteiger partial charge in [0.15, 0.2) is 11.9 Å². The third kappa shape index (κ3) is 10.2. The molecular formula is C36H53N5O7S2. The molecule has 1 aliphatic heterocycles. The Kier molecular flexibility index (Phi) is 13.7. The quantitative estimate of drug-likeness (QED) is 0.217. The van der Waals surface area contributed by atoms with Gasteiger partial charge >= 0.3 is 11.9 Å². The molecule has 1 aliphatic carbocycles. The molecule has 12 nitrogen and oxygen atoms in total. The molecule has 0 bridgehead atoms. The first-order valence-electron chi connectivity index (χ1n) is 17.6. The summed E-state index contributed by atoms with van der Waals surface area (Å²) in [6.45, 7) is 9.91. The summed E-state index contributed by atoms with van der Waals surface area (Å²) in [6, 6.07) is -0.849. The number of nitrogens with one attached hydrogen (secondary N) is 1. The zero-order chi connectivity index (χ0) is 36.7. The van der Waals surface area contributed by atoms with Crippen LogP contribution in [0.25, 0.3) is 0 Å². The summed E-state index contributed by atoms with van der Waals surface area (Å²) in [5, 5.41) is 7.88. The lowest BCUT2D eigenvalue weighted by Gasteiger charge is -2.36. The molecule has 4 rings (SSSR count). The van der Waals surface area contributed by atoms with Gasteiger partial charge in [-0.25, -0.2) is 9.97 Å². The van der Waals surface area contributed by atoms with Crippen molar-refractivity contribution in [2.24, 2.45) is 17.3 Å². The molecule has 2 amide bonds. The average Bonchev–Trinajstić information content (AvgIpc) is 3.45. The van der Waals surface area contributed by atoms with Gasteiger partial charge in [0.25, 0.3) is 5.91 Å². The van der Waals surface area contributed by atoms with E-state index in [-0.39, 0.29) is 54.2 Å². The van der Waals surface area contributed by atoms with E-state index in [2.05, 4.69) is 20.2 Å². The van der Waals surface area contributed by atoms with Crippen molar-refractivity contribution in [3.63, 3.8) is 0 Å². The number of hydrogen-bond donors (Lipinski definition) is 1. The van der Waals surface area contributed by atoms with Crippen LogP contribution < -0.4 is 5.32 Å². The Hall–Kier alpha value is -3.23. The van der Waals surface area contributed by atoms with Crippen molar-refractivity contribution in [1.82, 2.24) is 25.1 Å². The zero-order valence-corrected chi connectivity index (χ0v) is 32.3. The highest BCUT2D eigenvalue weighted by atomic mass is 32.1. The topological polar surface area (TPSA) is 148 Å². The molecule has 50 heavy (non-hydrogen) atoms. The highest BCUT2D eigenvalue weighted by molar-refractivity contribution is 7.10. The van der Waals surface area contributed by atoms with Crippen LogP contribution in [0, 0.1) is 24.2 Å². The predicted molar refractivity (Wildman–Crippen MR) is 192 cm³/mol. The van der Waals surface area contributed by atoms with Crippen LogP contribution in [-0.4, -0.2) is 95.2 Å². The second-order valence-electron chi connectivity index (χ2n) is 14.5. The van der Waals surface area contributed by atoms with Crippen molar-refractivity contribution in [3.05, 3.63) is 32.2 Å². The Morgan fingerprint density at radius 1 is 1.08 bits per heavy atom. The largest absolute Gasteiger partial charge is 0.469 e. The number of Topliss-reactive ketones (excluding diaryl/α,β-unsaturated/α-hetero) is 1. The summed E-state index contributed by atoms with van der Waals surface area (Å²) in [7, 11) is 5.10. The van der Waals surface area contributed by atoms with Crippen LogP contribution in [0.4, 0.5) is 0 Å². The van der Waals surface area contributed by atoms with Gasteiger partial charge in [-0.3, -0.25) is 28.9 Å². The summed E-state index contributed by atoms with van der Waals surface area (Å²) in [6.07, 6.45) is 4.85. The second-order valence-corrected chi connectivity index (χ2v) is 16.3. The number of likely N-dealkylation sites (tertiary alicyclic amines) is 1. The smallest absolute Gasteiger partial charge is 0.308 e. The Morgan fingerprint density at radius 2 is 1.80 bits per heavy atom. The maximum atomic E-state index is 14.0. The van der Waals surface area contributed by atoms with E-state index in [4.69, 9.17) is 9.47 Å². The molecular weight excluding hydrogens is 679 g/mol. The van der Waals surface area contributed by atoms with Crippen LogP contribution in [0.15, 0.2) is 10.8 Å². The molecule has 2 fully saturated rings. The summed E-state index contributed by atoms with van der Waals surface area (Å²) in [5.74, 6) is -1.62. The summed E-state index contributed by atoms with van der Waals surface area (Å²) in [4.78, 5) is 78.4. The molecule has 0 spiro atoms. The van der Waals surface area contributed by atoms with Crippen LogP contribution in [0.2, 0.25) is 0 Å². The number of rotatable bonds is 17. The van der Waals surface area contributed by atoms with Crippen molar-refractivity contribution in [2.45, 2.75) is 117 Å². The van der Waals surface area contributed by atoms with Gasteiger partial charge in [-0.2, -0.15) is 0 Å². The normalized spacial score (nSPS) is 19.6. The number of hydrogen-bond acceptors (Lipinski definition) is 12. The maximum Gasteiger partial charge on any atom is 0.308 e. The van der Waals surface area contributed by atoms with Crippen LogP contribution in [0.3, 0.4) is 0 Å². The first-order valence-corrected chi connectivity index (χ1v) is 19.3. The monoisotopic (exact) mass is 731 g/mol. The molecule has 0 radical (unpaired) electrons. The third-order valence-electron chi connectivity index (χ3n) is 10.0. The van der Waals surface area contributed by atoms with Gasteiger partial charge in [0.2, 0.25) is 5.91 Å². The summed E-state index contributed by atoms with van der Waals surface area (Å²) >= 11 is 2.71. The number of ether oxygens (including phenoxy) is 2. The first kappa shape index (κ1) is 39.6. The van der Waals surface area contributed by atoms with Crippen molar-refractivity contribution in [2.75, 3.05) is 27.7 Å². The SMILES string of the molecule is COC(=O)[C@@H](C)C[C@H](Cc1nc(C)cs1)NC(=O)c1csc([C@@H](C[C@H](C(C)C)N(C)C(=O)C2(CC(=O)[C@H]3CCCCN3C)CC2)OC(C)=O)n1. The number of nitrogens with zero attached hydrogens (tertiary/aromatic N) is 4. The number of amides is 2. The van der Waals surface area contributed by atoms with Crippen molar-refractivity contribution in [1.29, 1.82) is 0 Å². The number of aryl methyl sites for hydroxylation is 1. The number of piperidine rings is 1. The molecule has 276 valence electrons. The zero-order valence-electron chi connectivity index (χ0n) is 30.7. The number of thiazole rings is 2. The Balaban J connectivity index is 1.47. The van der Waals surface area contributed by atoms with Gasteiger partial charge in [0.05, 0.1) is 29.5 Å². The molecule has 5 atom stereocenters. The van der Waals surface area contributed by atoms with E-state index in [1.807, 2.05) is 33.2 Å². The van der Waals surface area contributed by atoms with Crippen molar-refractivity contribution < 1.29 is 33.4 Å². The van der Waals surface area contributed by atoms with Crippen LogP contribution in [-0.2, 0) is 35.1 Å². The molecule has 0 aromatic carbocycles. The Labute approximate surface area is 303 Å². The number of esters is 2. The Bertz CT molecular complexity index is 1520. The maximum absolute atomic E-state index is 14.0. The predicted octanol–water partition coefficient (Wildman–Crippen LogP) is 5.15. The lowest BCUT2D eigenvalue weighted by molar-refractivity contribution is -0.149. The van der Waals surface area contributed by atoms with E-state index in [1.165, 1.54) is 36.7 Å². The number of likely N-dealkylation sites (N-methyl/N-ethyl adjacent to an activating group) is 1. The number of methoxy groups -OCH3 is 1. The number of aromatic nitrogens is 2. The Morgan fingerprint density at radius 3 is 2.38 bits per heavy atom. The molecule has 0 unspecified atom stereocenters. The molecule has 1 saturated heterocycles. The van der Waals surface area contributed by atoms with E-state index < -0.39 is 35.4 Å². The van der Waals surface area contributed by atoms with E-state index in [0.29, 0.717) is 30.7 Å². The van der Waals surface area contributed by atoms with Crippen LogP contribution in [0.5, 0.6) is 0 Å². The fourth-order valence-electron chi connectivity index (χ4n) is 7.00. The average molecular weight is 732 g/mol. The van der Waals surface area contributed by atoms with Crippen LogP contribution in [0.1, 0.15) is 111 Å². The van der Waals surface area contributed by atoms with E-state index >= 15 is 0 Å². The summed E-state index contributed by atoms with van der Waals surface area (Å²) < 4.78 is 10.7. The molecule has 2 aromatic rings.